The van der Waals surface area contributed by atoms with Gasteiger partial charge in [0.1, 0.15) is 5.75 Å². The number of benzene rings is 2. The van der Waals surface area contributed by atoms with E-state index in [1.807, 2.05) is 0 Å². The summed E-state index contributed by atoms with van der Waals surface area (Å²) in [6, 6.07) is 8.25. The van der Waals surface area contributed by atoms with Crippen molar-refractivity contribution < 1.29 is 18.1 Å². The van der Waals surface area contributed by atoms with Gasteiger partial charge >= 0.3 is 0 Å². The minimum Gasteiger partial charge on any atom is -0.495 e. The number of non-ortho nitro benzene ring substituents is 1. The first-order valence-corrected chi connectivity index (χ1v) is 9.26. The summed E-state index contributed by atoms with van der Waals surface area (Å²) in [6.07, 6.45) is 1.42. The summed E-state index contributed by atoms with van der Waals surface area (Å²) in [4.78, 5) is 10.2. The fourth-order valence-corrected chi connectivity index (χ4v) is 4.30. The number of nitrogens with zero attached hydrogens (tertiary/aromatic N) is 2. The van der Waals surface area contributed by atoms with Crippen LogP contribution in [0.25, 0.3) is 0 Å². The van der Waals surface area contributed by atoms with Gasteiger partial charge in [0.25, 0.3) is 15.7 Å². The number of sulfonamides is 1. The second-order valence-corrected chi connectivity index (χ2v) is 7.59. The summed E-state index contributed by atoms with van der Waals surface area (Å²) in [5, 5.41) is 11.3. The van der Waals surface area contributed by atoms with Crippen LogP contribution in [0, 0.1) is 17.0 Å². The van der Waals surface area contributed by atoms with Crippen LogP contribution in [-0.4, -0.2) is 27.0 Å². The van der Waals surface area contributed by atoms with Crippen LogP contribution in [0.1, 0.15) is 5.56 Å². The Hall–Kier alpha value is -2.58. The first-order valence-electron chi connectivity index (χ1n) is 7.44. The maximum Gasteiger partial charge on any atom is 0.270 e. The van der Waals surface area contributed by atoms with Gasteiger partial charge in [0.15, 0.2) is 0 Å². The molecule has 0 aliphatic rings. The summed E-state index contributed by atoms with van der Waals surface area (Å²) in [6.45, 7) is 5.12. The summed E-state index contributed by atoms with van der Waals surface area (Å²) in [5.74, 6) is 0.401. The molecule has 0 bridgehead atoms. The molecule has 0 spiro atoms. The van der Waals surface area contributed by atoms with Crippen LogP contribution in [-0.2, 0) is 10.0 Å². The SMILES string of the molecule is C=CCN(c1ccc(OC)c(Cl)c1)S(=O)(=O)c1cc([N+](=O)[O-])ccc1C. The second-order valence-electron chi connectivity index (χ2n) is 5.35. The van der Waals surface area contributed by atoms with Crippen molar-refractivity contribution >= 4 is 33.0 Å². The predicted molar refractivity (Wildman–Crippen MR) is 101 cm³/mol. The molecule has 7 nitrogen and oxygen atoms in total. The number of hydrogen-bond acceptors (Lipinski definition) is 5. The Bertz CT molecular complexity index is 960. The van der Waals surface area contributed by atoms with E-state index < -0.39 is 14.9 Å². The van der Waals surface area contributed by atoms with E-state index in [0.717, 1.165) is 10.4 Å². The molecule has 0 saturated heterocycles. The minimum atomic E-state index is -4.08. The highest BCUT2D eigenvalue weighted by atomic mass is 35.5. The van der Waals surface area contributed by atoms with Gasteiger partial charge in [-0.2, -0.15) is 0 Å². The highest BCUT2D eigenvalue weighted by Gasteiger charge is 2.28. The number of halogens is 1. The average Bonchev–Trinajstić information content (AvgIpc) is 2.59. The maximum absolute atomic E-state index is 13.2. The average molecular weight is 397 g/mol. The van der Waals surface area contributed by atoms with Crippen LogP contribution >= 0.6 is 11.6 Å². The van der Waals surface area contributed by atoms with Crippen molar-refractivity contribution in [1.82, 2.24) is 0 Å². The van der Waals surface area contributed by atoms with Gasteiger partial charge in [0.2, 0.25) is 0 Å². The molecular formula is C17H17ClN2O5S. The van der Waals surface area contributed by atoms with Crippen LogP contribution in [0.5, 0.6) is 5.75 Å². The van der Waals surface area contributed by atoms with E-state index in [-0.39, 0.29) is 22.2 Å². The quantitative estimate of drug-likeness (QED) is 0.401. The van der Waals surface area contributed by atoms with Gasteiger partial charge in [0.05, 0.1) is 34.2 Å². The molecule has 2 aromatic carbocycles. The Morgan fingerprint density at radius 1 is 1.31 bits per heavy atom. The molecule has 0 heterocycles. The molecule has 138 valence electrons. The van der Waals surface area contributed by atoms with Gasteiger partial charge in [-0.05, 0) is 30.7 Å². The zero-order valence-electron chi connectivity index (χ0n) is 14.2. The highest BCUT2D eigenvalue weighted by molar-refractivity contribution is 7.92. The zero-order chi connectivity index (χ0) is 19.5. The van der Waals surface area contributed by atoms with E-state index >= 15 is 0 Å². The third-order valence-corrected chi connectivity index (χ3v) is 5.90. The van der Waals surface area contributed by atoms with Crippen molar-refractivity contribution in [2.45, 2.75) is 11.8 Å². The van der Waals surface area contributed by atoms with E-state index in [1.165, 1.54) is 31.4 Å². The molecule has 2 aromatic rings. The number of methoxy groups -OCH3 is 1. The van der Waals surface area contributed by atoms with E-state index in [9.17, 15) is 18.5 Å². The van der Waals surface area contributed by atoms with Crippen LogP contribution < -0.4 is 9.04 Å². The Labute approximate surface area is 156 Å². The maximum atomic E-state index is 13.2. The Morgan fingerprint density at radius 3 is 2.54 bits per heavy atom. The molecular weight excluding hydrogens is 380 g/mol. The van der Waals surface area contributed by atoms with Crippen molar-refractivity contribution in [2.24, 2.45) is 0 Å². The molecule has 26 heavy (non-hydrogen) atoms. The van der Waals surface area contributed by atoms with E-state index in [4.69, 9.17) is 16.3 Å². The lowest BCUT2D eigenvalue weighted by Crippen LogP contribution is -2.31. The molecule has 0 fully saturated rings. The normalized spacial score (nSPS) is 11.0. The topological polar surface area (TPSA) is 89.8 Å². The number of rotatable bonds is 7. The van der Waals surface area contributed by atoms with Crippen LogP contribution in [0.4, 0.5) is 11.4 Å². The molecule has 2 rings (SSSR count). The molecule has 0 aromatic heterocycles. The molecule has 0 atom stereocenters. The van der Waals surface area contributed by atoms with Gasteiger partial charge in [-0.3, -0.25) is 14.4 Å². The Balaban J connectivity index is 2.62. The summed E-state index contributed by atoms with van der Waals surface area (Å²) < 4.78 is 32.5. The molecule has 9 heteroatoms. The second kappa shape index (κ2) is 7.76. The Kier molecular flexibility index (Phi) is 5.89. The van der Waals surface area contributed by atoms with Crippen molar-refractivity contribution in [3.63, 3.8) is 0 Å². The van der Waals surface area contributed by atoms with E-state index in [2.05, 4.69) is 6.58 Å². The van der Waals surface area contributed by atoms with Crippen molar-refractivity contribution in [1.29, 1.82) is 0 Å². The molecule has 0 aliphatic heterocycles. The zero-order valence-corrected chi connectivity index (χ0v) is 15.7. The Morgan fingerprint density at radius 2 is 2.00 bits per heavy atom. The van der Waals surface area contributed by atoms with E-state index in [0.29, 0.717) is 17.0 Å². The third-order valence-electron chi connectivity index (χ3n) is 3.67. The number of aryl methyl sites for hydroxylation is 1. The molecule has 0 saturated carbocycles. The molecule has 0 unspecified atom stereocenters. The van der Waals surface area contributed by atoms with Crippen molar-refractivity contribution in [2.75, 3.05) is 18.0 Å². The van der Waals surface area contributed by atoms with Gasteiger partial charge in [0, 0.05) is 12.1 Å². The van der Waals surface area contributed by atoms with Gasteiger partial charge < -0.3 is 4.74 Å². The summed E-state index contributed by atoms with van der Waals surface area (Å²) in [5.41, 5.74) is 0.381. The first-order chi connectivity index (χ1) is 12.2. The number of nitro benzene ring substituents is 1. The fraction of sp³-hybridized carbons (Fsp3) is 0.176. The monoisotopic (exact) mass is 396 g/mol. The number of ether oxygens (including phenoxy) is 1. The lowest BCUT2D eigenvalue weighted by atomic mass is 10.2. The van der Waals surface area contributed by atoms with Gasteiger partial charge in [-0.25, -0.2) is 8.42 Å². The summed E-state index contributed by atoms with van der Waals surface area (Å²) in [7, 11) is -2.63. The lowest BCUT2D eigenvalue weighted by Gasteiger charge is -2.24. The number of anilines is 1. The van der Waals surface area contributed by atoms with E-state index in [1.54, 1.807) is 19.1 Å². The minimum absolute atomic E-state index is 0.0346. The van der Waals surface area contributed by atoms with Crippen LogP contribution in [0.3, 0.4) is 0 Å². The van der Waals surface area contributed by atoms with Crippen molar-refractivity contribution in [3.05, 3.63) is 69.8 Å². The lowest BCUT2D eigenvalue weighted by molar-refractivity contribution is -0.385. The third kappa shape index (κ3) is 3.81. The van der Waals surface area contributed by atoms with Gasteiger partial charge in [-0.1, -0.05) is 23.7 Å². The predicted octanol–water partition coefficient (Wildman–Crippen LogP) is 3.95. The largest absolute Gasteiger partial charge is 0.495 e. The fourth-order valence-electron chi connectivity index (χ4n) is 2.37. The molecule has 0 amide bonds. The number of nitro groups is 1. The van der Waals surface area contributed by atoms with Crippen molar-refractivity contribution in [3.8, 4) is 5.75 Å². The smallest absolute Gasteiger partial charge is 0.270 e. The first kappa shape index (κ1) is 19.7. The highest BCUT2D eigenvalue weighted by Crippen LogP contribution is 2.33. The van der Waals surface area contributed by atoms with Gasteiger partial charge in [-0.15, -0.1) is 6.58 Å². The number of hydrogen-bond donors (Lipinski definition) is 0. The standard InChI is InChI=1S/C17H17ClN2O5S/c1-4-9-19(13-7-8-16(25-3)15(18)10-13)26(23,24)17-11-14(20(21)22)6-5-12(17)2/h4-8,10-11H,1,9H2,2-3H3. The van der Waals surface area contributed by atoms with Crippen LogP contribution in [0.2, 0.25) is 5.02 Å². The molecule has 0 radical (unpaired) electrons. The summed E-state index contributed by atoms with van der Waals surface area (Å²) >= 11 is 6.11. The van der Waals surface area contributed by atoms with Crippen LogP contribution in [0.15, 0.2) is 53.9 Å². The molecule has 0 aliphatic carbocycles. The molecule has 0 N–H and O–H groups in total.